The van der Waals surface area contributed by atoms with E-state index in [0.29, 0.717) is 149 Å². The Labute approximate surface area is 723 Å². The third kappa shape index (κ3) is 33.1. The summed E-state index contributed by atoms with van der Waals surface area (Å²) in [6.45, 7) is 28.4. The smallest absolute Gasteiger partial charge is 0.253 e. The summed E-state index contributed by atoms with van der Waals surface area (Å²) in [6, 6.07) is 0. The van der Waals surface area contributed by atoms with Crippen LogP contribution in [0, 0.1) is 23.7 Å². The highest BCUT2D eigenvalue weighted by molar-refractivity contribution is 8.00. The quantitative estimate of drug-likeness (QED) is 0.0441. The summed E-state index contributed by atoms with van der Waals surface area (Å²) in [4.78, 5) is 85.4. The molecule has 26 atom stereocenters. The van der Waals surface area contributed by atoms with Crippen LogP contribution in [0.1, 0.15) is 185 Å². The molecular formula is C87H151N3O30S. The fourth-order valence-electron chi connectivity index (χ4n) is 16.2. The number of likely N-dealkylation sites (tertiary alicyclic amines) is 1. The van der Waals surface area contributed by atoms with Crippen LogP contribution in [0.2, 0.25) is 0 Å². The third-order valence-electron chi connectivity index (χ3n) is 23.7. The van der Waals surface area contributed by atoms with Crippen LogP contribution < -0.4 is 5.32 Å². The zero-order valence-electron chi connectivity index (χ0n) is 75.8. The molecule has 5 amide bonds. The molecule has 0 radical (unpaired) electrons. The molecule has 0 aromatic heterocycles. The van der Waals surface area contributed by atoms with E-state index in [0.717, 1.165) is 51.4 Å². The van der Waals surface area contributed by atoms with E-state index in [1.165, 1.54) is 33.7 Å². The van der Waals surface area contributed by atoms with E-state index in [1.54, 1.807) is 49.8 Å². The van der Waals surface area contributed by atoms with Crippen molar-refractivity contribution in [2.24, 2.45) is 23.7 Å². The molecule has 0 aliphatic carbocycles. The maximum Gasteiger partial charge on any atom is 0.253 e. The molecule has 1 N–H and O–H groups in total. The molecule has 34 heteroatoms. The van der Waals surface area contributed by atoms with Crippen LogP contribution in [0.25, 0.3) is 0 Å². The molecule has 7 rings (SSSR count). The number of unbranched alkanes of at least 4 members (excludes halogenated alkanes) is 4. The number of ketones is 2. The minimum absolute atomic E-state index is 0.0695. The van der Waals surface area contributed by atoms with E-state index in [9.17, 15) is 33.6 Å². The second kappa shape index (κ2) is 58.7. The Morgan fingerprint density at radius 1 is 0.397 bits per heavy atom. The van der Waals surface area contributed by atoms with E-state index in [2.05, 4.69) is 46.9 Å². The highest BCUT2D eigenvalue weighted by atomic mass is 32.2. The summed E-state index contributed by atoms with van der Waals surface area (Å²) in [5.41, 5.74) is 0. The number of hydrogen-bond donors (Lipinski definition) is 1. The summed E-state index contributed by atoms with van der Waals surface area (Å²) < 4.78 is 144. The number of nitrogens with zero attached hydrogens (tertiary/aromatic N) is 2. The number of thioether (sulfide) groups is 1. The van der Waals surface area contributed by atoms with Crippen molar-refractivity contribution in [3.8, 4) is 0 Å². The zero-order chi connectivity index (χ0) is 88.3. The predicted molar refractivity (Wildman–Crippen MR) is 446 cm³/mol. The van der Waals surface area contributed by atoms with Gasteiger partial charge in [-0.15, -0.1) is 11.8 Å². The lowest BCUT2D eigenvalue weighted by Crippen LogP contribution is -2.65. The van der Waals surface area contributed by atoms with Gasteiger partial charge in [0.2, 0.25) is 17.7 Å². The topological polar surface area (TPSA) is 350 Å². The van der Waals surface area contributed by atoms with Gasteiger partial charge in [-0.05, 0) is 89.9 Å². The Bertz CT molecular complexity index is 2950. The Morgan fingerprint density at radius 2 is 0.793 bits per heavy atom. The van der Waals surface area contributed by atoms with E-state index >= 15 is 0 Å². The van der Waals surface area contributed by atoms with Gasteiger partial charge >= 0.3 is 0 Å². The number of hydrogen-bond acceptors (Lipinski definition) is 31. The average molecular weight is 1750 g/mol. The van der Waals surface area contributed by atoms with Gasteiger partial charge in [-0.1, -0.05) is 75.2 Å². The Morgan fingerprint density at radius 3 is 1.28 bits per heavy atom. The standard InChI is InChI=1S/C75H134N2O27S.C12H17NO3/c1-18-22-27-52(78)28-26-30-77-58(80)44-56(70(77)81)105-43-42-93-39-38-91-36-37-92-40-41-94-45-57(79)76-29-33-90-35-34-89-31-24-23-25-32-95-63-55(21-4)100-75(69(87-16)66(63)84-13)104-62-51(10)97-74(68(86-15)65(62)83-12)102-60-47(6)49(8)72(99-54(60)20-3)103-61-50(9)96-73(67(85-14)64(61)82-11)101-59-46(5)48(7)71(88-17)98-53(59)19-2;1-2-3-5-10(14)6-4-9-13-11(15)7-8-12(13)16/h46-51,53-56,59-69,71-75H,18-45H2,1-17H3,(H,76,79);7-8H,2-6,9H2,1H3/t46-,47-,48-,49-,50+,51-,53-,54-,55-,56?,59+,60+,61-,62-,63-,64+,65+,66+,67-,68-,69-,71+,72-,73+,74+,75-;/m1./s1. The number of ether oxygens (including phenoxy) is 23. The summed E-state index contributed by atoms with van der Waals surface area (Å²) in [5.74, 6) is -0.162. The first-order valence-corrected chi connectivity index (χ1v) is 45.5. The van der Waals surface area contributed by atoms with Crippen molar-refractivity contribution in [2.75, 3.05) is 161 Å². The molecule has 0 bridgehead atoms. The lowest BCUT2D eigenvalue weighted by Gasteiger charge is -2.52. The van der Waals surface area contributed by atoms with Gasteiger partial charge in [-0.2, -0.15) is 0 Å². The number of nitrogens with one attached hydrogen (secondary N) is 1. The van der Waals surface area contributed by atoms with Gasteiger partial charge in [-0.25, -0.2) is 0 Å². The van der Waals surface area contributed by atoms with Gasteiger partial charge in [0, 0.05) is 144 Å². The first-order valence-electron chi connectivity index (χ1n) is 44.4. The van der Waals surface area contributed by atoms with Gasteiger partial charge < -0.3 is 114 Å². The van der Waals surface area contributed by atoms with Crippen molar-refractivity contribution in [1.82, 2.24) is 15.1 Å². The number of rotatable bonds is 60. The lowest BCUT2D eigenvalue weighted by atomic mass is 9.83. The monoisotopic (exact) mass is 1750 g/mol. The molecule has 7 aliphatic heterocycles. The second-order valence-electron chi connectivity index (χ2n) is 32.0. The molecule has 0 saturated carbocycles. The maximum absolute atomic E-state index is 12.7. The number of Topliss-reactive ketones (excluding diaryl/α,β-unsaturated/α-hetero) is 2. The molecule has 33 nitrogen and oxygen atoms in total. The number of carbonyl (C=O) groups is 7. The first kappa shape index (κ1) is 106. The molecule has 7 aliphatic rings. The Balaban J connectivity index is 0.00000126. The van der Waals surface area contributed by atoms with Crippen LogP contribution in [0.4, 0.5) is 0 Å². The molecule has 0 spiro atoms. The largest absolute Gasteiger partial charge is 0.379 e. The molecule has 6 saturated heterocycles. The van der Waals surface area contributed by atoms with Crippen molar-refractivity contribution in [2.45, 2.75) is 320 Å². The third-order valence-corrected chi connectivity index (χ3v) is 24.8. The van der Waals surface area contributed by atoms with E-state index in [1.807, 2.05) is 34.6 Å². The highest BCUT2D eigenvalue weighted by Crippen LogP contribution is 2.43. The molecule has 6 fully saturated rings. The molecule has 7 heterocycles. The number of methoxy groups -OCH3 is 7. The van der Waals surface area contributed by atoms with Crippen LogP contribution in [0.5, 0.6) is 0 Å². The SMILES string of the molecule is CCCCC(=O)CCCN1C(=O)C=CC1=O.CCCCC(=O)CCCN1C(=O)CC(SCCOCCOCCOCCOCC(=O)NCCOCCOCCCCCO[C@H]2[C@H](OC)[C@@H](OC)[C@@H](O[C@H]3[C@H](OC)[C@@H](OC)[C@H](O[C@H]4[C@H](C)[C@@H](C)[C@@H](O[C@H]5[C@H](OC)[C@@H](OC)[C@H](O[C@H]6[C@H](C)[C@@H](C)[C@@H](OC)O[C@@H]6CC)O[C@H]5C)O[C@@H]4CC)O[C@@H]3C)O[C@@H]2CC)C1=O. The zero-order valence-corrected chi connectivity index (χ0v) is 76.6. The lowest BCUT2D eigenvalue weighted by molar-refractivity contribution is -0.383. The molecule has 0 aromatic rings. The van der Waals surface area contributed by atoms with Crippen molar-refractivity contribution in [3.63, 3.8) is 0 Å². The highest BCUT2D eigenvalue weighted by Gasteiger charge is 2.57. The first-order chi connectivity index (χ1) is 58.5. The van der Waals surface area contributed by atoms with Gasteiger partial charge in [0.05, 0.1) is 114 Å². The second-order valence-corrected chi connectivity index (χ2v) is 33.3. The van der Waals surface area contributed by atoms with E-state index < -0.39 is 104 Å². The van der Waals surface area contributed by atoms with Crippen LogP contribution in [0.15, 0.2) is 12.2 Å². The number of amides is 5. The van der Waals surface area contributed by atoms with Crippen molar-refractivity contribution in [1.29, 1.82) is 0 Å². The normalized spacial score (nSPS) is 32.7. The van der Waals surface area contributed by atoms with Gasteiger partial charge in [0.1, 0.15) is 73.1 Å². The predicted octanol–water partition coefficient (Wildman–Crippen LogP) is 8.32. The van der Waals surface area contributed by atoms with E-state index in [4.69, 9.17) is 109 Å². The summed E-state index contributed by atoms with van der Waals surface area (Å²) in [7, 11) is 11.5. The van der Waals surface area contributed by atoms with Crippen LogP contribution in [0.3, 0.4) is 0 Å². The van der Waals surface area contributed by atoms with Crippen LogP contribution in [-0.2, 0) is 143 Å². The van der Waals surface area contributed by atoms with Crippen molar-refractivity contribution < 1.29 is 143 Å². The van der Waals surface area contributed by atoms with Gasteiger partial charge in [-0.3, -0.25) is 43.4 Å². The maximum atomic E-state index is 12.7. The fraction of sp³-hybridized carbons (Fsp3) is 0.897. The number of carbonyl (C=O) groups excluding carboxylic acids is 7. The van der Waals surface area contributed by atoms with Crippen LogP contribution >= 0.6 is 11.8 Å². The van der Waals surface area contributed by atoms with Crippen LogP contribution in [-0.4, -0.2) is 346 Å². The Hall–Kier alpha value is -3.74. The van der Waals surface area contributed by atoms with Crippen molar-refractivity contribution >= 4 is 52.9 Å². The van der Waals surface area contributed by atoms with Crippen molar-refractivity contribution in [3.05, 3.63) is 12.2 Å². The van der Waals surface area contributed by atoms with Gasteiger partial charge in [0.15, 0.2) is 31.5 Å². The number of imide groups is 2. The Kier molecular flexibility index (Phi) is 51.4. The minimum atomic E-state index is -0.871. The molecule has 121 heavy (non-hydrogen) atoms. The summed E-state index contributed by atoms with van der Waals surface area (Å²) in [5, 5.41) is 2.38. The van der Waals surface area contributed by atoms with E-state index in [-0.39, 0.29) is 115 Å². The average Bonchev–Trinajstić information content (AvgIpc) is 1.40. The summed E-state index contributed by atoms with van der Waals surface area (Å²) in [6.07, 6.45) is 2.65. The molecule has 1 unspecified atom stereocenters. The molecule has 700 valence electrons. The molecular weight excluding hydrogens is 1600 g/mol. The van der Waals surface area contributed by atoms with Gasteiger partial charge in [0.25, 0.3) is 11.8 Å². The summed E-state index contributed by atoms with van der Waals surface area (Å²) >= 11 is 1.42. The molecule has 0 aromatic carbocycles. The fourth-order valence-corrected chi connectivity index (χ4v) is 17.2. The minimum Gasteiger partial charge on any atom is -0.379 e.